The van der Waals surface area contributed by atoms with Crippen LogP contribution in [0.1, 0.15) is 11.7 Å². The Morgan fingerprint density at radius 3 is 2.93 bits per heavy atom. The lowest BCUT2D eigenvalue weighted by Gasteiger charge is -2.09. The number of alkyl halides is 1. The second kappa shape index (κ2) is 3.42. The van der Waals surface area contributed by atoms with Crippen molar-refractivity contribution in [1.29, 1.82) is 0 Å². The molecule has 0 saturated heterocycles. The SMILES string of the molecule is Cn1ccc2cccc(C(O)CF)c21. The molecule has 14 heavy (non-hydrogen) atoms. The molecule has 2 aromatic rings. The van der Waals surface area contributed by atoms with E-state index in [1.165, 1.54) is 0 Å². The Morgan fingerprint density at radius 1 is 1.43 bits per heavy atom. The Labute approximate surface area is 81.6 Å². The summed E-state index contributed by atoms with van der Waals surface area (Å²) in [5, 5.41) is 10.5. The Kier molecular flexibility index (Phi) is 2.25. The highest BCUT2D eigenvalue weighted by Crippen LogP contribution is 2.24. The molecule has 1 heterocycles. The molecule has 0 bridgehead atoms. The maximum absolute atomic E-state index is 12.4. The zero-order chi connectivity index (χ0) is 10.1. The first kappa shape index (κ1) is 9.21. The summed E-state index contributed by atoms with van der Waals surface area (Å²) in [6.45, 7) is -0.746. The maximum atomic E-state index is 12.4. The largest absolute Gasteiger partial charge is 0.386 e. The normalized spacial score (nSPS) is 13.4. The highest BCUT2D eigenvalue weighted by molar-refractivity contribution is 5.83. The van der Waals surface area contributed by atoms with E-state index in [0.29, 0.717) is 5.56 Å². The molecule has 0 aliphatic rings. The van der Waals surface area contributed by atoms with Crippen LogP contribution in [0.2, 0.25) is 0 Å². The number of para-hydroxylation sites is 1. The van der Waals surface area contributed by atoms with E-state index in [1.807, 2.05) is 36.0 Å². The quantitative estimate of drug-likeness (QED) is 0.777. The molecule has 0 fully saturated rings. The second-order valence-electron chi connectivity index (χ2n) is 3.38. The number of hydrogen-bond donors (Lipinski definition) is 1. The summed E-state index contributed by atoms with van der Waals surface area (Å²) >= 11 is 0. The van der Waals surface area contributed by atoms with Crippen LogP contribution in [0.5, 0.6) is 0 Å². The summed E-state index contributed by atoms with van der Waals surface area (Å²) < 4.78 is 14.3. The van der Waals surface area contributed by atoms with Crippen molar-refractivity contribution in [1.82, 2.24) is 4.57 Å². The topological polar surface area (TPSA) is 25.2 Å². The molecule has 1 aromatic heterocycles. The molecule has 2 rings (SSSR count). The molecule has 0 radical (unpaired) electrons. The van der Waals surface area contributed by atoms with E-state index in [1.54, 1.807) is 6.07 Å². The van der Waals surface area contributed by atoms with Crippen molar-refractivity contribution in [3.05, 3.63) is 36.0 Å². The van der Waals surface area contributed by atoms with Crippen molar-refractivity contribution in [3.63, 3.8) is 0 Å². The van der Waals surface area contributed by atoms with E-state index < -0.39 is 12.8 Å². The molecule has 0 amide bonds. The molecule has 1 aromatic carbocycles. The minimum absolute atomic E-state index is 0.650. The van der Waals surface area contributed by atoms with Crippen LogP contribution in [0.4, 0.5) is 4.39 Å². The van der Waals surface area contributed by atoms with Gasteiger partial charge < -0.3 is 9.67 Å². The van der Waals surface area contributed by atoms with Gasteiger partial charge in [-0.15, -0.1) is 0 Å². The zero-order valence-electron chi connectivity index (χ0n) is 7.94. The number of nitrogens with zero attached hydrogens (tertiary/aromatic N) is 1. The van der Waals surface area contributed by atoms with Crippen molar-refractivity contribution in [2.24, 2.45) is 7.05 Å². The van der Waals surface area contributed by atoms with Crippen molar-refractivity contribution in [2.45, 2.75) is 6.10 Å². The number of hydrogen-bond acceptors (Lipinski definition) is 1. The van der Waals surface area contributed by atoms with E-state index in [0.717, 1.165) is 10.9 Å². The van der Waals surface area contributed by atoms with Gasteiger partial charge in [-0.2, -0.15) is 0 Å². The predicted octanol–water partition coefficient (Wildman–Crippen LogP) is 2.18. The third-order valence-corrected chi connectivity index (χ3v) is 2.43. The van der Waals surface area contributed by atoms with Crippen LogP contribution in [0.3, 0.4) is 0 Å². The van der Waals surface area contributed by atoms with Crippen molar-refractivity contribution in [3.8, 4) is 0 Å². The number of aliphatic hydroxyl groups excluding tert-OH is 1. The maximum Gasteiger partial charge on any atom is 0.120 e. The predicted molar refractivity (Wildman–Crippen MR) is 53.9 cm³/mol. The van der Waals surface area contributed by atoms with Crippen molar-refractivity contribution < 1.29 is 9.50 Å². The van der Waals surface area contributed by atoms with Gasteiger partial charge in [-0.25, -0.2) is 4.39 Å². The van der Waals surface area contributed by atoms with Gasteiger partial charge in [0.15, 0.2) is 0 Å². The van der Waals surface area contributed by atoms with Crippen molar-refractivity contribution in [2.75, 3.05) is 6.67 Å². The first-order valence-electron chi connectivity index (χ1n) is 4.52. The van der Waals surface area contributed by atoms with E-state index in [2.05, 4.69) is 0 Å². The van der Waals surface area contributed by atoms with Gasteiger partial charge in [0.2, 0.25) is 0 Å². The van der Waals surface area contributed by atoms with Crippen LogP contribution in [-0.4, -0.2) is 16.3 Å². The van der Waals surface area contributed by atoms with Gasteiger partial charge in [0, 0.05) is 18.8 Å². The number of aromatic nitrogens is 1. The van der Waals surface area contributed by atoms with Gasteiger partial charge in [0.05, 0.1) is 5.52 Å². The standard InChI is InChI=1S/C11H12FNO/c1-13-6-5-8-3-2-4-9(11(8)13)10(14)7-12/h2-6,10,14H,7H2,1H3. The van der Waals surface area contributed by atoms with Gasteiger partial charge in [0.25, 0.3) is 0 Å². The second-order valence-corrected chi connectivity index (χ2v) is 3.38. The summed E-state index contributed by atoms with van der Waals surface area (Å²) in [7, 11) is 1.89. The third-order valence-electron chi connectivity index (χ3n) is 2.43. The number of aliphatic hydroxyl groups is 1. The van der Waals surface area contributed by atoms with Gasteiger partial charge in [-0.3, -0.25) is 0 Å². The number of halogens is 1. The molecule has 1 unspecified atom stereocenters. The Morgan fingerprint density at radius 2 is 2.21 bits per heavy atom. The first-order chi connectivity index (χ1) is 6.74. The fourth-order valence-corrected chi connectivity index (χ4v) is 1.74. The van der Waals surface area contributed by atoms with Gasteiger partial charge >= 0.3 is 0 Å². The highest BCUT2D eigenvalue weighted by Gasteiger charge is 2.12. The summed E-state index contributed by atoms with van der Waals surface area (Å²) in [4.78, 5) is 0. The lowest BCUT2D eigenvalue weighted by atomic mass is 10.1. The average Bonchev–Trinajstić information content (AvgIpc) is 2.59. The number of fused-ring (bicyclic) bond motifs is 1. The van der Waals surface area contributed by atoms with E-state index in [9.17, 15) is 9.50 Å². The average molecular weight is 193 g/mol. The smallest absolute Gasteiger partial charge is 0.120 e. The molecule has 1 N–H and O–H groups in total. The van der Waals surface area contributed by atoms with Crippen LogP contribution in [-0.2, 0) is 7.05 Å². The van der Waals surface area contributed by atoms with Crippen molar-refractivity contribution >= 4 is 10.9 Å². The minimum Gasteiger partial charge on any atom is -0.386 e. The minimum atomic E-state index is -1.02. The van der Waals surface area contributed by atoms with Gasteiger partial charge in [-0.1, -0.05) is 18.2 Å². The lowest BCUT2D eigenvalue weighted by molar-refractivity contribution is 0.143. The molecule has 1 atom stereocenters. The fourth-order valence-electron chi connectivity index (χ4n) is 1.74. The summed E-state index contributed by atoms with van der Waals surface area (Å²) in [6.07, 6.45) is 0.881. The lowest BCUT2D eigenvalue weighted by Crippen LogP contribution is -2.02. The highest BCUT2D eigenvalue weighted by atomic mass is 19.1. The zero-order valence-corrected chi connectivity index (χ0v) is 7.94. The van der Waals surface area contributed by atoms with Gasteiger partial charge in [-0.05, 0) is 11.5 Å². The first-order valence-corrected chi connectivity index (χ1v) is 4.52. The van der Waals surface area contributed by atoms with E-state index >= 15 is 0 Å². The number of rotatable bonds is 2. The summed E-state index contributed by atoms with van der Waals surface area (Å²) in [5.74, 6) is 0. The van der Waals surface area contributed by atoms with Crippen LogP contribution in [0.15, 0.2) is 30.5 Å². The third kappa shape index (κ3) is 1.30. The van der Waals surface area contributed by atoms with Gasteiger partial charge in [0.1, 0.15) is 12.8 Å². The molecule has 2 nitrogen and oxygen atoms in total. The van der Waals surface area contributed by atoms with Crippen LogP contribution < -0.4 is 0 Å². The molecular formula is C11H12FNO. The summed E-state index contributed by atoms with van der Waals surface area (Å²) in [5.41, 5.74) is 1.55. The van der Waals surface area contributed by atoms with E-state index in [4.69, 9.17) is 0 Å². The van der Waals surface area contributed by atoms with Crippen LogP contribution >= 0.6 is 0 Å². The number of aryl methyl sites for hydroxylation is 1. The Hall–Kier alpha value is -1.35. The molecule has 0 aliphatic carbocycles. The molecule has 0 saturated carbocycles. The Balaban J connectivity index is 2.69. The summed E-state index contributed by atoms with van der Waals surface area (Å²) in [6, 6.07) is 7.48. The number of benzene rings is 1. The van der Waals surface area contributed by atoms with Crippen LogP contribution in [0.25, 0.3) is 10.9 Å². The van der Waals surface area contributed by atoms with E-state index in [-0.39, 0.29) is 0 Å². The van der Waals surface area contributed by atoms with Crippen LogP contribution in [0, 0.1) is 0 Å². The molecule has 74 valence electrons. The Bertz CT molecular complexity index is 449. The molecule has 3 heteroatoms. The molecular weight excluding hydrogens is 181 g/mol. The molecule has 0 spiro atoms. The molecule has 0 aliphatic heterocycles. The monoisotopic (exact) mass is 193 g/mol. The fraction of sp³-hybridized carbons (Fsp3) is 0.273.